The Balaban J connectivity index is 2.44. The van der Waals surface area contributed by atoms with Gasteiger partial charge in [0, 0.05) is 19.6 Å². The Morgan fingerprint density at radius 3 is 2.57 bits per heavy atom. The molecule has 4 nitrogen and oxygen atoms in total. The van der Waals surface area contributed by atoms with Crippen LogP contribution in [0.4, 0.5) is 0 Å². The standard InChI is InChI=1S/C10H18N2O2/c1-8(13)6-10(14)12(3)9-4-5-11(2)7-9/h9H,4-7H2,1-3H3. The van der Waals surface area contributed by atoms with Crippen LogP contribution in [-0.2, 0) is 9.59 Å². The maximum Gasteiger partial charge on any atom is 0.230 e. The zero-order valence-electron chi connectivity index (χ0n) is 9.12. The van der Waals surface area contributed by atoms with Crippen molar-refractivity contribution in [3.63, 3.8) is 0 Å². The number of hydrogen-bond acceptors (Lipinski definition) is 3. The Kier molecular flexibility index (Phi) is 3.63. The molecule has 0 aliphatic carbocycles. The second-order valence-electron chi connectivity index (χ2n) is 4.09. The summed E-state index contributed by atoms with van der Waals surface area (Å²) in [5.74, 6) is -0.119. The van der Waals surface area contributed by atoms with Crippen LogP contribution in [0.2, 0.25) is 0 Å². The zero-order chi connectivity index (χ0) is 10.7. The lowest BCUT2D eigenvalue weighted by Crippen LogP contribution is -2.39. The van der Waals surface area contributed by atoms with Gasteiger partial charge in [0.15, 0.2) is 0 Å². The van der Waals surface area contributed by atoms with Crippen molar-refractivity contribution in [2.45, 2.75) is 25.8 Å². The molecule has 0 radical (unpaired) electrons. The topological polar surface area (TPSA) is 40.6 Å². The third-order valence-corrected chi connectivity index (χ3v) is 2.71. The molecule has 1 heterocycles. The minimum atomic E-state index is -0.0619. The molecule has 80 valence electrons. The van der Waals surface area contributed by atoms with Crippen LogP contribution in [0.5, 0.6) is 0 Å². The largest absolute Gasteiger partial charge is 0.341 e. The maximum atomic E-state index is 11.5. The van der Waals surface area contributed by atoms with Crippen LogP contribution >= 0.6 is 0 Å². The van der Waals surface area contributed by atoms with Crippen molar-refractivity contribution < 1.29 is 9.59 Å². The summed E-state index contributed by atoms with van der Waals surface area (Å²) in [4.78, 5) is 26.2. The summed E-state index contributed by atoms with van der Waals surface area (Å²) in [6, 6.07) is 0.284. The average molecular weight is 198 g/mol. The monoisotopic (exact) mass is 198 g/mol. The first-order valence-corrected chi connectivity index (χ1v) is 4.94. The van der Waals surface area contributed by atoms with Crippen molar-refractivity contribution in [1.82, 2.24) is 9.80 Å². The van der Waals surface area contributed by atoms with Gasteiger partial charge in [0.2, 0.25) is 5.91 Å². The van der Waals surface area contributed by atoms with Crippen LogP contribution in [0.25, 0.3) is 0 Å². The van der Waals surface area contributed by atoms with E-state index < -0.39 is 0 Å². The summed E-state index contributed by atoms with van der Waals surface area (Å²) in [5.41, 5.74) is 0. The van der Waals surface area contributed by atoms with Crippen molar-refractivity contribution in [3.05, 3.63) is 0 Å². The summed E-state index contributed by atoms with van der Waals surface area (Å²) in [6.07, 6.45) is 1.05. The quantitative estimate of drug-likeness (QED) is 0.605. The van der Waals surface area contributed by atoms with Gasteiger partial charge >= 0.3 is 0 Å². The Morgan fingerprint density at radius 1 is 1.50 bits per heavy atom. The van der Waals surface area contributed by atoms with E-state index in [9.17, 15) is 9.59 Å². The minimum absolute atomic E-state index is 0.0384. The lowest BCUT2D eigenvalue weighted by Gasteiger charge is -2.23. The van der Waals surface area contributed by atoms with Gasteiger partial charge in [-0.05, 0) is 26.9 Å². The fraction of sp³-hybridized carbons (Fsp3) is 0.800. The number of rotatable bonds is 3. The van der Waals surface area contributed by atoms with Gasteiger partial charge < -0.3 is 9.80 Å². The Morgan fingerprint density at radius 2 is 2.14 bits per heavy atom. The van der Waals surface area contributed by atoms with Crippen LogP contribution in [-0.4, -0.2) is 54.7 Å². The second-order valence-corrected chi connectivity index (χ2v) is 4.09. The van der Waals surface area contributed by atoms with Crippen LogP contribution in [0.3, 0.4) is 0 Å². The van der Waals surface area contributed by atoms with E-state index in [0.717, 1.165) is 19.5 Å². The Labute approximate surface area is 84.9 Å². The number of Topliss-reactive ketones (excluding diaryl/α,β-unsaturated/α-hetero) is 1. The molecule has 0 aromatic carbocycles. The lowest BCUT2D eigenvalue weighted by molar-refractivity contribution is -0.135. The molecule has 1 atom stereocenters. The van der Waals surface area contributed by atoms with Gasteiger partial charge in [-0.15, -0.1) is 0 Å². The molecule has 1 rings (SSSR count). The second kappa shape index (κ2) is 4.55. The minimum Gasteiger partial charge on any atom is -0.341 e. The molecule has 0 aromatic heterocycles. The maximum absolute atomic E-state index is 11.5. The van der Waals surface area contributed by atoms with Crippen LogP contribution in [0, 0.1) is 0 Å². The molecule has 1 saturated heterocycles. The number of nitrogens with zero attached hydrogens (tertiary/aromatic N) is 2. The van der Waals surface area contributed by atoms with E-state index in [1.807, 2.05) is 7.05 Å². The molecule has 1 aliphatic rings. The molecular weight excluding hydrogens is 180 g/mol. The number of hydrogen-bond donors (Lipinski definition) is 0. The SMILES string of the molecule is CC(=O)CC(=O)N(C)C1CCN(C)C1. The van der Waals surface area contributed by atoms with Crippen LogP contribution in [0.1, 0.15) is 19.8 Å². The fourth-order valence-electron chi connectivity index (χ4n) is 1.77. The molecule has 1 unspecified atom stereocenters. The highest BCUT2D eigenvalue weighted by molar-refractivity contribution is 5.96. The van der Waals surface area contributed by atoms with Gasteiger partial charge in [0.25, 0.3) is 0 Å². The van der Waals surface area contributed by atoms with Crippen LogP contribution < -0.4 is 0 Å². The fourth-order valence-corrected chi connectivity index (χ4v) is 1.77. The lowest BCUT2D eigenvalue weighted by atomic mass is 10.2. The highest BCUT2D eigenvalue weighted by atomic mass is 16.2. The van der Waals surface area contributed by atoms with Crippen molar-refractivity contribution in [2.75, 3.05) is 27.2 Å². The summed E-state index contributed by atoms with van der Waals surface area (Å²) in [5, 5.41) is 0. The number of likely N-dealkylation sites (tertiary alicyclic amines) is 1. The average Bonchev–Trinajstić information content (AvgIpc) is 2.49. The highest BCUT2D eigenvalue weighted by Crippen LogP contribution is 2.13. The summed E-state index contributed by atoms with van der Waals surface area (Å²) in [7, 11) is 3.83. The molecular formula is C10H18N2O2. The Bertz CT molecular complexity index is 240. The number of ketones is 1. The third-order valence-electron chi connectivity index (χ3n) is 2.71. The van der Waals surface area contributed by atoms with Crippen molar-refractivity contribution in [3.8, 4) is 0 Å². The highest BCUT2D eigenvalue weighted by Gasteiger charge is 2.26. The predicted octanol–water partition coefficient (Wildman–Crippen LogP) is 0.128. The van der Waals surface area contributed by atoms with E-state index in [2.05, 4.69) is 4.90 Å². The normalized spacial score (nSPS) is 22.4. The summed E-state index contributed by atoms with van der Waals surface area (Å²) >= 11 is 0. The number of amides is 1. The molecule has 0 saturated carbocycles. The Hall–Kier alpha value is -0.900. The first kappa shape index (κ1) is 11.2. The van der Waals surface area contributed by atoms with E-state index in [1.165, 1.54) is 6.92 Å². The smallest absolute Gasteiger partial charge is 0.230 e. The van der Waals surface area contributed by atoms with Gasteiger partial charge in [-0.2, -0.15) is 0 Å². The van der Waals surface area contributed by atoms with E-state index in [1.54, 1.807) is 11.9 Å². The van der Waals surface area contributed by atoms with Crippen molar-refractivity contribution in [1.29, 1.82) is 0 Å². The first-order chi connectivity index (χ1) is 6.50. The molecule has 14 heavy (non-hydrogen) atoms. The van der Waals surface area contributed by atoms with Crippen molar-refractivity contribution in [2.24, 2.45) is 0 Å². The van der Waals surface area contributed by atoms with Crippen LogP contribution in [0.15, 0.2) is 0 Å². The molecule has 1 fully saturated rings. The van der Waals surface area contributed by atoms with Gasteiger partial charge in [0.05, 0.1) is 6.42 Å². The molecule has 1 aliphatic heterocycles. The third kappa shape index (κ3) is 2.80. The molecule has 4 heteroatoms. The number of likely N-dealkylation sites (N-methyl/N-ethyl adjacent to an activating group) is 2. The van der Waals surface area contributed by atoms with E-state index in [0.29, 0.717) is 0 Å². The molecule has 0 bridgehead atoms. The van der Waals surface area contributed by atoms with Gasteiger partial charge in [-0.1, -0.05) is 0 Å². The number of carbonyl (C=O) groups is 2. The predicted molar refractivity (Wildman–Crippen MR) is 54.0 cm³/mol. The van der Waals surface area contributed by atoms with E-state index in [-0.39, 0.29) is 24.2 Å². The summed E-state index contributed by atoms with van der Waals surface area (Å²) in [6.45, 7) is 3.40. The summed E-state index contributed by atoms with van der Waals surface area (Å²) < 4.78 is 0. The van der Waals surface area contributed by atoms with Crippen molar-refractivity contribution >= 4 is 11.7 Å². The van der Waals surface area contributed by atoms with Gasteiger partial charge in [-0.25, -0.2) is 0 Å². The van der Waals surface area contributed by atoms with E-state index >= 15 is 0 Å². The molecule has 1 amide bonds. The first-order valence-electron chi connectivity index (χ1n) is 4.94. The molecule has 0 spiro atoms. The van der Waals surface area contributed by atoms with E-state index in [4.69, 9.17) is 0 Å². The zero-order valence-corrected chi connectivity index (χ0v) is 9.12. The van der Waals surface area contributed by atoms with Gasteiger partial charge in [0.1, 0.15) is 5.78 Å². The van der Waals surface area contributed by atoms with Gasteiger partial charge in [-0.3, -0.25) is 9.59 Å². The number of carbonyl (C=O) groups excluding carboxylic acids is 2. The molecule has 0 N–H and O–H groups in total. The molecule has 0 aromatic rings.